The van der Waals surface area contributed by atoms with Crippen molar-refractivity contribution in [1.29, 1.82) is 5.26 Å². The van der Waals surface area contributed by atoms with Gasteiger partial charge >= 0.3 is 0 Å². The molecule has 126 valence electrons. The lowest BCUT2D eigenvalue weighted by molar-refractivity contribution is -0.0555. The Morgan fingerprint density at radius 1 is 1.33 bits per heavy atom. The molecule has 3 rings (SSSR count). The molecule has 0 bridgehead atoms. The van der Waals surface area contributed by atoms with Gasteiger partial charge in [-0.2, -0.15) is 20.9 Å². The van der Waals surface area contributed by atoms with Gasteiger partial charge in [0.2, 0.25) is 10.0 Å². The van der Waals surface area contributed by atoms with E-state index < -0.39 is 10.0 Å². The Balaban J connectivity index is 1.98. The highest BCUT2D eigenvalue weighted by molar-refractivity contribution is 7.89. The van der Waals surface area contributed by atoms with Crippen LogP contribution in [-0.4, -0.2) is 31.9 Å². The Morgan fingerprint density at radius 3 is 2.79 bits per heavy atom. The van der Waals surface area contributed by atoms with Crippen molar-refractivity contribution in [2.24, 2.45) is 0 Å². The third kappa shape index (κ3) is 3.10. The van der Waals surface area contributed by atoms with Gasteiger partial charge in [-0.1, -0.05) is 12.1 Å². The molecule has 1 saturated heterocycles. The minimum atomic E-state index is -3.75. The summed E-state index contributed by atoms with van der Waals surface area (Å²) in [5.74, 6) is 0. The number of benzene rings is 1. The maximum atomic E-state index is 13.1. The second-order valence-corrected chi connectivity index (χ2v) is 8.56. The first-order chi connectivity index (χ1) is 11.4. The third-order valence-electron chi connectivity index (χ3n) is 4.11. The minimum absolute atomic E-state index is 0.0724. The fourth-order valence-electron chi connectivity index (χ4n) is 2.89. The number of hydrogen-bond donors (Lipinski definition) is 0. The van der Waals surface area contributed by atoms with Crippen molar-refractivity contribution < 1.29 is 13.2 Å². The van der Waals surface area contributed by atoms with E-state index in [1.165, 1.54) is 10.4 Å². The fourth-order valence-corrected chi connectivity index (χ4v) is 5.32. The van der Waals surface area contributed by atoms with Crippen LogP contribution in [0, 0.1) is 18.3 Å². The van der Waals surface area contributed by atoms with Gasteiger partial charge in [0.05, 0.1) is 17.8 Å². The van der Waals surface area contributed by atoms with Gasteiger partial charge in [0.15, 0.2) is 0 Å². The van der Waals surface area contributed by atoms with Gasteiger partial charge in [0, 0.05) is 13.1 Å². The Labute approximate surface area is 146 Å². The standard InChI is InChI=1S/C17H18N2O3S2/c1-12-4-3-5-17(15(12)8-18)24(20,21)19-9-13(2)22-16(10-19)14-6-7-23-11-14/h3-7,11,13,16H,9-10H2,1-2H3. The summed E-state index contributed by atoms with van der Waals surface area (Å²) in [6, 6.07) is 8.89. The largest absolute Gasteiger partial charge is 0.368 e. The van der Waals surface area contributed by atoms with Crippen molar-refractivity contribution in [1.82, 2.24) is 4.31 Å². The number of thiophene rings is 1. The van der Waals surface area contributed by atoms with Crippen molar-refractivity contribution >= 4 is 21.4 Å². The van der Waals surface area contributed by atoms with Crippen molar-refractivity contribution in [2.45, 2.75) is 31.0 Å². The molecule has 1 aliphatic rings. The molecule has 0 radical (unpaired) electrons. The van der Waals surface area contributed by atoms with Crippen LogP contribution in [0.25, 0.3) is 0 Å². The zero-order valence-corrected chi connectivity index (χ0v) is 15.1. The molecular weight excluding hydrogens is 344 g/mol. The maximum Gasteiger partial charge on any atom is 0.244 e. The Bertz CT molecular complexity index is 870. The van der Waals surface area contributed by atoms with E-state index in [-0.39, 0.29) is 35.8 Å². The molecule has 2 atom stereocenters. The van der Waals surface area contributed by atoms with Crippen LogP contribution in [0.15, 0.2) is 39.9 Å². The van der Waals surface area contributed by atoms with Crippen molar-refractivity contribution in [3.63, 3.8) is 0 Å². The highest BCUT2D eigenvalue weighted by atomic mass is 32.2. The van der Waals surface area contributed by atoms with Gasteiger partial charge in [0.25, 0.3) is 0 Å². The maximum absolute atomic E-state index is 13.1. The number of morpholine rings is 1. The van der Waals surface area contributed by atoms with Gasteiger partial charge in [-0.15, -0.1) is 0 Å². The topological polar surface area (TPSA) is 70.4 Å². The second kappa shape index (κ2) is 6.65. The normalized spacial score (nSPS) is 22.2. The number of hydrogen-bond acceptors (Lipinski definition) is 5. The molecule has 0 aliphatic carbocycles. The Morgan fingerprint density at radius 2 is 2.12 bits per heavy atom. The van der Waals surface area contributed by atoms with Crippen LogP contribution in [0.3, 0.4) is 0 Å². The average molecular weight is 362 g/mol. The van der Waals surface area contributed by atoms with Crippen molar-refractivity contribution in [3.05, 3.63) is 51.7 Å². The van der Waals surface area contributed by atoms with E-state index in [0.717, 1.165) is 5.56 Å². The number of aryl methyl sites for hydroxylation is 1. The molecule has 0 saturated carbocycles. The molecule has 24 heavy (non-hydrogen) atoms. The van der Waals surface area contributed by atoms with Gasteiger partial charge in [0.1, 0.15) is 11.0 Å². The highest BCUT2D eigenvalue weighted by Gasteiger charge is 2.36. The van der Waals surface area contributed by atoms with Crippen LogP contribution in [-0.2, 0) is 14.8 Å². The first kappa shape index (κ1) is 17.1. The van der Waals surface area contributed by atoms with E-state index >= 15 is 0 Å². The molecule has 2 unspecified atom stereocenters. The lowest BCUT2D eigenvalue weighted by Crippen LogP contribution is -2.46. The summed E-state index contributed by atoms with van der Waals surface area (Å²) >= 11 is 1.56. The third-order valence-corrected chi connectivity index (χ3v) is 6.68. The van der Waals surface area contributed by atoms with Gasteiger partial charge in [-0.3, -0.25) is 0 Å². The van der Waals surface area contributed by atoms with E-state index in [9.17, 15) is 13.7 Å². The fraction of sp³-hybridized carbons (Fsp3) is 0.353. The molecular formula is C17H18N2O3S2. The molecule has 0 amide bonds. The van der Waals surface area contributed by atoms with E-state index in [2.05, 4.69) is 0 Å². The van der Waals surface area contributed by atoms with Crippen molar-refractivity contribution in [2.75, 3.05) is 13.1 Å². The molecule has 2 aromatic rings. The molecule has 1 fully saturated rings. The minimum Gasteiger partial charge on any atom is -0.368 e. The zero-order valence-electron chi connectivity index (χ0n) is 13.5. The Kier molecular flexibility index (Phi) is 4.74. The number of nitrogens with zero attached hydrogens (tertiary/aromatic N) is 2. The highest BCUT2D eigenvalue weighted by Crippen LogP contribution is 2.31. The van der Waals surface area contributed by atoms with Crippen LogP contribution >= 0.6 is 11.3 Å². The quantitative estimate of drug-likeness (QED) is 0.841. The molecule has 1 aromatic heterocycles. The summed E-state index contributed by atoms with van der Waals surface area (Å²) in [5.41, 5.74) is 1.86. The summed E-state index contributed by atoms with van der Waals surface area (Å²) in [7, 11) is -3.75. The van der Waals surface area contributed by atoms with E-state index in [0.29, 0.717) is 5.56 Å². The van der Waals surface area contributed by atoms with Gasteiger partial charge in [-0.05, 0) is 47.9 Å². The van der Waals surface area contributed by atoms with Crippen LogP contribution < -0.4 is 0 Å². The summed E-state index contributed by atoms with van der Waals surface area (Å²) in [4.78, 5) is 0.0724. The number of sulfonamides is 1. The van der Waals surface area contributed by atoms with Crippen LogP contribution in [0.1, 0.15) is 29.7 Å². The lowest BCUT2D eigenvalue weighted by Gasteiger charge is -2.36. The van der Waals surface area contributed by atoms with Gasteiger partial charge < -0.3 is 4.74 Å². The zero-order chi connectivity index (χ0) is 17.3. The molecule has 2 heterocycles. The summed E-state index contributed by atoms with van der Waals surface area (Å²) in [6.45, 7) is 4.14. The molecule has 0 spiro atoms. The van der Waals surface area contributed by atoms with Crippen molar-refractivity contribution in [3.8, 4) is 6.07 Å². The first-order valence-electron chi connectivity index (χ1n) is 7.61. The molecule has 7 heteroatoms. The van der Waals surface area contributed by atoms with E-state index in [1.807, 2.05) is 29.8 Å². The number of ether oxygens (including phenoxy) is 1. The molecule has 1 aromatic carbocycles. The predicted octanol–water partition coefficient (Wildman–Crippen LogP) is 3.08. The summed E-state index contributed by atoms with van der Waals surface area (Å²) < 4.78 is 33.5. The average Bonchev–Trinajstić information content (AvgIpc) is 3.08. The number of rotatable bonds is 3. The predicted molar refractivity (Wildman–Crippen MR) is 92.3 cm³/mol. The Hall–Kier alpha value is -1.72. The van der Waals surface area contributed by atoms with Crippen LogP contribution in [0.4, 0.5) is 0 Å². The SMILES string of the molecule is Cc1cccc(S(=O)(=O)N2CC(C)OC(c3ccsc3)C2)c1C#N. The van der Waals surface area contributed by atoms with E-state index in [1.54, 1.807) is 30.4 Å². The number of nitriles is 1. The monoisotopic (exact) mass is 362 g/mol. The lowest BCUT2D eigenvalue weighted by atomic mass is 10.1. The molecule has 1 aliphatic heterocycles. The molecule has 5 nitrogen and oxygen atoms in total. The van der Waals surface area contributed by atoms with Gasteiger partial charge in [-0.25, -0.2) is 8.42 Å². The molecule has 0 N–H and O–H groups in total. The first-order valence-corrected chi connectivity index (χ1v) is 9.99. The summed E-state index contributed by atoms with van der Waals surface area (Å²) in [6.07, 6.45) is -0.501. The summed E-state index contributed by atoms with van der Waals surface area (Å²) in [5, 5.41) is 13.3. The van der Waals surface area contributed by atoms with E-state index in [4.69, 9.17) is 4.74 Å². The van der Waals surface area contributed by atoms with Crippen LogP contribution in [0.5, 0.6) is 0 Å². The smallest absolute Gasteiger partial charge is 0.244 e. The second-order valence-electron chi connectivity index (χ2n) is 5.87. The van der Waals surface area contributed by atoms with Crippen LogP contribution in [0.2, 0.25) is 0 Å².